The van der Waals surface area contributed by atoms with Crippen molar-refractivity contribution in [2.24, 2.45) is 0 Å². The SMILES string of the molecule is C=C/C=C(\C=C)c1ccc(N(c2ccccc2)c2cccc(B(O)O)c2)cc1. The van der Waals surface area contributed by atoms with E-state index >= 15 is 0 Å². The van der Waals surface area contributed by atoms with E-state index in [1.165, 1.54) is 0 Å². The highest BCUT2D eigenvalue weighted by Gasteiger charge is 2.16. The van der Waals surface area contributed by atoms with Gasteiger partial charge in [-0.15, -0.1) is 0 Å². The molecule has 0 aliphatic heterocycles. The molecule has 3 aromatic carbocycles. The Morgan fingerprint density at radius 3 is 2.04 bits per heavy atom. The van der Waals surface area contributed by atoms with Gasteiger partial charge in [0.1, 0.15) is 0 Å². The molecule has 0 heterocycles. The topological polar surface area (TPSA) is 43.7 Å². The fourth-order valence-corrected chi connectivity index (χ4v) is 3.06. The van der Waals surface area contributed by atoms with Crippen molar-refractivity contribution in [2.75, 3.05) is 4.90 Å². The van der Waals surface area contributed by atoms with Gasteiger partial charge in [-0.1, -0.05) is 73.9 Å². The van der Waals surface area contributed by atoms with Gasteiger partial charge in [-0.25, -0.2) is 0 Å². The molecule has 0 atom stereocenters. The summed E-state index contributed by atoms with van der Waals surface area (Å²) in [6, 6.07) is 25.3. The average Bonchev–Trinajstić information content (AvgIpc) is 2.74. The second-order valence-electron chi connectivity index (χ2n) is 6.25. The molecule has 28 heavy (non-hydrogen) atoms. The zero-order chi connectivity index (χ0) is 19.9. The smallest absolute Gasteiger partial charge is 0.423 e. The van der Waals surface area contributed by atoms with E-state index in [-0.39, 0.29) is 0 Å². The number of para-hydroxylation sites is 1. The van der Waals surface area contributed by atoms with Crippen molar-refractivity contribution in [2.45, 2.75) is 0 Å². The summed E-state index contributed by atoms with van der Waals surface area (Å²) >= 11 is 0. The quantitative estimate of drug-likeness (QED) is 0.474. The molecular formula is C24H22BNO2. The van der Waals surface area contributed by atoms with E-state index in [4.69, 9.17) is 0 Å². The van der Waals surface area contributed by atoms with E-state index < -0.39 is 7.12 Å². The molecule has 0 saturated heterocycles. The molecule has 0 aliphatic rings. The molecule has 0 saturated carbocycles. The number of anilines is 3. The maximum absolute atomic E-state index is 9.56. The van der Waals surface area contributed by atoms with Crippen LogP contribution in [0.4, 0.5) is 17.1 Å². The van der Waals surface area contributed by atoms with Crippen molar-refractivity contribution in [3.8, 4) is 0 Å². The van der Waals surface area contributed by atoms with Gasteiger partial charge in [0.05, 0.1) is 0 Å². The minimum atomic E-state index is -1.51. The van der Waals surface area contributed by atoms with Crippen LogP contribution in [0.3, 0.4) is 0 Å². The molecule has 0 aliphatic carbocycles. The van der Waals surface area contributed by atoms with E-state index in [0.717, 1.165) is 28.2 Å². The standard InChI is InChI=1S/C24H22BNO2/c1-3-9-19(4-2)20-14-16-23(17-15-20)26(22-11-6-5-7-12-22)24-13-8-10-21(18-24)25(27)28/h3-18,27-28H,1-2H2/b19-9+. The predicted molar refractivity (Wildman–Crippen MR) is 119 cm³/mol. The number of benzene rings is 3. The number of hydrogen-bond acceptors (Lipinski definition) is 3. The van der Waals surface area contributed by atoms with Crippen LogP contribution in [0.1, 0.15) is 5.56 Å². The van der Waals surface area contributed by atoms with Crippen molar-refractivity contribution in [1.29, 1.82) is 0 Å². The molecule has 0 amide bonds. The normalized spacial score (nSPS) is 11.0. The summed E-state index contributed by atoms with van der Waals surface area (Å²) in [4.78, 5) is 2.07. The number of rotatable bonds is 7. The molecule has 0 radical (unpaired) electrons. The van der Waals surface area contributed by atoms with Gasteiger partial charge in [-0.05, 0) is 53.0 Å². The molecule has 0 unspecified atom stereocenters. The fourth-order valence-electron chi connectivity index (χ4n) is 3.06. The molecule has 0 fully saturated rings. The van der Waals surface area contributed by atoms with E-state index in [0.29, 0.717) is 5.46 Å². The largest absolute Gasteiger partial charge is 0.488 e. The van der Waals surface area contributed by atoms with Gasteiger partial charge >= 0.3 is 7.12 Å². The van der Waals surface area contributed by atoms with Crippen LogP contribution >= 0.6 is 0 Å². The molecule has 4 heteroatoms. The van der Waals surface area contributed by atoms with Gasteiger partial charge in [-0.2, -0.15) is 0 Å². The summed E-state index contributed by atoms with van der Waals surface area (Å²) in [5, 5.41) is 19.1. The lowest BCUT2D eigenvalue weighted by atomic mass is 9.80. The zero-order valence-corrected chi connectivity index (χ0v) is 15.6. The van der Waals surface area contributed by atoms with E-state index in [1.54, 1.807) is 24.3 Å². The first kappa shape index (κ1) is 19.4. The fraction of sp³-hybridized carbons (Fsp3) is 0. The third-order valence-electron chi connectivity index (χ3n) is 4.42. The Balaban J connectivity index is 2.08. The van der Waals surface area contributed by atoms with Gasteiger partial charge in [0.2, 0.25) is 0 Å². The van der Waals surface area contributed by atoms with Crippen LogP contribution in [0.5, 0.6) is 0 Å². The van der Waals surface area contributed by atoms with Crippen LogP contribution in [-0.4, -0.2) is 17.2 Å². The molecule has 2 N–H and O–H groups in total. The Kier molecular flexibility index (Phi) is 6.27. The highest BCUT2D eigenvalue weighted by atomic mass is 16.4. The van der Waals surface area contributed by atoms with Crippen molar-refractivity contribution in [1.82, 2.24) is 0 Å². The van der Waals surface area contributed by atoms with Crippen LogP contribution < -0.4 is 10.4 Å². The predicted octanol–water partition coefficient (Wildman–Crippen LogP) is 4.59. The molecule has 0 bridgehead atoms. The molecular weight excluding hydrogens is 345 g/mol. The summed E-state index contributed by atoms with van der Waals surface area (Å²) in [7, 11) is -1.51. The van der Waals surface area contributed by atoms with Gasteiger partial charge in [0, 0.05) is 17.1 Å². The lowest BCUT2D eigenvalue weighted by Crippen LogP contribution is -2.30. The van der Waals surface area contributed by atoms with Crippen LogP contribution in [0, 0.1) is 0 Å². The first-order valence-corrected chi connectivity index (χ1v) is 9.01. The molecule has 3 rings (SSSR count). The monoisotopic (exact) mass is 367 g/mol. The van der Waals surface area contributed by atoms with Gasteiger partial charge in [0.25, 0.3) is 0 Å². The zero-order valence-electron chi connectivity index (χ0n) is 15.6. The van der Waals surface area contributed by atoms with E-state index in [2.05, 4.69) is 18.1 Å². The summed E-state index contributed by atoms with van der Waals surface area (Å²) in [5.74, 6) is 0. The lowest BCUT2D eigenvalue weighted by molar-refractivity contribution is 0.426. The summed E-state index contributed by atoms with van der Waals surface area (Å²) in [5.41, 5.74) is 5.27. The van der Waals surface area contributed by atoms with Gasteiger partial charge < -0.3 is 14.9 Å². The molecule has 0 aromatic heterocycles. The third-order valence-corrected chi connectivity index (χ3v) is 4.42. The third kappa shape index (κ3) is 4.31. The molecule has 3 nitrogen and oxygen atoms in total. The Morgan fingerprint density at radius 1 is 0.786 bits per heavy atom. The second kappa shape index (κ2) is 9.04. The van der Waals surface area contributed by atoms with Crippen LogP contribution in [0.2, 0.25) is 0 Å². The Morgan fingerprint density at radius 2 is 1.43 bits per heavy atom. The minimum absolute atomic E-state index is 0.443. The van der Waals surface area contributed by atoms with Gasteiger partial charge in [0.15, 0.2) is 0 Å². The van der Waals surface area contributed by atoms with Crippen molar-refractivity contribution in [3.63, 3.8) is 0 Å². The Hall–Kier alpha value is -3.34. The number of allylic oxidation sites excluding steroid dienone is 4. The van der Waals surface area contributed by atoms with E-state index in [1.807, 2.05) is 72.8 Å². The Labute approximate surface area is 166 Å². The lowest BCUT2D eigenvalue weighted by Gasteiger charge is -2.26. The molecule has 138 valence electrons. The summed E-state index contributed by atoms with van der Waals surface area (Å²) in [6.45, 7) is 7.61. The highest BCUT2D eigenvalue weighted by molar-refractivity contribution is 6.58. The maximum Gasteiger partial charge on any atom is 0.488 e. The first-order valence-electron chi connectivity index (χ1n) is 9.01. The highest BCUT2D eigenvalue weighted by Crippen LogP contribution is 2.34. The van der Waals surface area contributed by atoms with Crippen LogP contribution in [-0.2, 0) is 0 Å². The van der Waals surface area contributed by atoms with Crippen molar-refractivity contribution in [3.05, 3.63) is 116 Å². The number of nitrogens with zero attached hydrogens (tertiary/aromatic N) is 1. The van der Waals surface area contributed by atoms with Crippen molar-refractivity contribution >= 4 is 35.2 Å². The van der Waals surface area contributed by atoms with Gasteiger partial charge in [-0.3, -0.25) is 0 Å². The van der Waals surface area contributed by atoms with E-state index in [9.17, 15) is 10.0 Å². The maximum atomic E-state index is 9.56. The number of hydrogen-bond donors (Lipinski definition) is 2. The molecule has 0 spiro atoms. The first-order chi connectivity index (χ1) is 13.6. The Bertz CT molecular complexity index is 979. The second-order valence-corrected chi connectivity index (χ2v) is 6.25. The average molecular weight is 367 g/mol. The summed E-state index contributed by atoms with van der Waals surface area (Å²) in [6.07, 6.45) is 5.47. The van der Waals surface area contributed by atoms with Crippen molar-refractivity contribution < 1.29 is 10.0 Å². The molecule has 3 aromatic rings. The minimum Gasteiger partial charge on any atom is -0.423 e. The summed E-state index contributed by atoms with van der Waals surface area (Å²) < 4.78 is 0. The van der Waals surface area contributed by atoms with Crippen LogP contribution in [0.15, 0.2) is 110 Å². The van der Waals surface area contributed by atoms with Crippen LogP contribution in [0.25, 0.3) is 5.57 Å².